The van der Waals surface area contributed by atoms with Crippen molar-refractivity contribution in [3.63, 3.8) is 0 Å². The molecule has 2 rings (SSSR count). The molecule has 1 aliphatic heterocycles. The van der Waals surface area contributed by atoms with Crippen LogP contribution in [-0.4, -0.2) is 17.6 Å². The summed E-state index contributed by atoms with van der Waals surface area (Å²) in [5.41, 5.74) is 5.68. The molecule has 14 heavy (non-hydrogen) atoms. The molecule has 0 radical (unpaired) electrons. The van der Waals surface area contributed by atoms with Crippen LogP contribution < -0.4 is 11.1 Å². The maximum absolute atomic E-state index is 5.68. The Balaban J connectivity index is 2.01. The molecule has 4 heteroatoms. The average molecular weight is 195 g/mol. The van der Waals surface area contributed by atoms with Gasteiger partial charge in [-0.25, -0.2) is 4.98 Å². The normalized spacial score (nSPS) is 24.0. The van der Waals surface area contributed by atoms with Crippen LogP contribution in [0.5, 0.6) is 0 Å². The molecule has 1 aromatic rings. The number of hydrogen-bond donors (Lipinski definition) is 2. The van der Waals surface area contributed by atoms with Gasteiger partial charge in [-0.2, -0.15) is 0 Å². The standard InChI is InChI=1S/C10H17N3O/c1-7(11)5-8-6-13-10(14-8)9-3-2-4-12-9/h6-7,9,12H,2-5,11H2,1H3. The van der Waals surface area contributed by atoms with Crippen molar-refractivity contribution in [1.29, 1.82) is 0 Å². The highest BCUT2D eigenvalue weighted by molar-refractivity contribution is 5.01. The minimum Gasteiger partial charge on any atom is -0.444 e. The highest BCUT2D eigenvalue weighted by Crippen LogP contribution is 2.22. The summed E-state index contributed by atoms with van der Waals surface area (Å²) in [6.07, 6.45) is 4.88. The summed E-state index contributed by atoms with van der Waals surface area (Å²) in [6, 6.07) is 0.448. The monoisotopic (exact) mass is 195 g/mol. The lowest BCUT2D eigenvalue weighted by Crippen LogP contribution is -2.17. The van der Waals surface area contributed by atoms with Crippen LogP contribution in [0.4, 0.5) is 0 Å². The summed E-state index contributed by atoms with van der Waals surface area (Å²) in [5.74, 6) is 1.71. The second-order valence-corrected chi connectivity index (χ2v) is 4.00. The van der Waals surface area contributed by atoms with Crippen molar-refractivity contribution in [1.82, 2.24) is 10.3 Å². The first-order valence-corrected chi connectivity index (χ1v) is 5.19. The number of aromatic nitrogens is 1. The van der Waals surface area contributed by atoms with Crippen molar-refractivity contribution in [3.05, 3.63) is 17.8 Å². The van der Waals surface area contributed by atoms with E-state index in [9.17, 15) is 0 Å². The van der Waals surface area contributed by atoms with Gasteiger partial charge < -0.3 is 15.5 Å². The third-order valence-electron chi connectivity index (χ3n) is 2.45. The number of hydrogen-bond acceptors (Lipinski definition) is 4. The Morgan fingerprint density at radius 3 is 3.29 bits per heavy atom. The molecule has 2 atom stereocenters. The van der Waals surface area contributed by atoms with Crippen molar-refractivity contribution in [2.24, 2.45) is 5.73 Å². The highest BCUT2D eigenvalue weighted by atomic mass is 16.4. The third-order valence-corrected chi connectivity index (χ3v) is 2.45. The first-order chi connectivity index (χ1) is 6.75. The number of oxazole rings is 1. The Labute approximate surface area is 83.9 Å². The highest BCUT2D eigenvalue weighted by Gasteiger charge is 2.20. The summed E-state index contributed by atoms with van der Waals surface area (Å²) in [7, 11) is 0. The fourth-order valence-electron chi connectivity index (χ4n) is 1.79. The summed E-state index contributed by atoms with van der Waals surface area (Å²) >= 11 is 0. The molecule has 1 fully saturated rings. The minimum atomic E-state index is 0.132. The molecule has 2 unspecified atom stereocenters. The van der Waals surface area contributed by atoms with E-state index in [0.29, 0.717) is 6.04 Å². The van der Waals surface area contributed by atoms with E-state index < -0.39 is 0 Å². The Morgan fingerprint density at radius 2 is 2.64 bits per heavy atom. The van der Waals surface area contributed by atoms with Crippen LogP contribution in [-0.2, 0) is 6.42 Å². The smallest absolute Gasteiger partial charge is 0.211 e. The Morgan fingerprint density at radius 1 is 1.79 bits per heavy atom. The average Bonchev–Trinajstić information content (AvgIpc) is 2.69. The predicted octanol–water partition coefficient (Wildman–Crippen LogP) is 0.989. The maximum atomic E-state index is 5.68. The van der Waals surface area contributed by atoms with E-state index in [2.05, 4.69) is 10.3 Å². The van der Waals surface area contributed by atoms with E-state index in [1.54, 1.807) is 6.20 Å². The number of nitrogens with two attached hydrogens (primary N) is 1. The summed E-state index contributed by atoms with van der Waals surface area (Å²) in [4.78, 5) is 4.27. The summed E-state index contributed by atoms with van der Waals surface area (Å²) in [6.45, 7) is 3.03. The Hall–Kier alpha value is -0.870. The lowest BCUT2D eigenvalue weighted by Gasteiger charge is -2.04. The maximum Gasteiger partial charge on any atom is 0.211 e. The molecule has 3 N–H and O–H groups in total. The zero-order chi connectivity index (χ0) is 9.97. The van der Waals surface area contributed by atoms with Gasteiger partial charge in [0.15, 0.2) is 0 Å². The topological polar surface area (TPSA) is 64.1 Å². The van der Waals surface area contributed by atoms with Gasteiger partial charge in [-0.05, 0) is 26.3 Å². The van der Waals surface area contributed by atoms with E-state index in [1.165, 1.54) is 6.42 Å². The van der Waals surface area contributed by atoms with Crippen molar-refractivity contribution < 1.29 is 4.42 Å². The molecule has 1 aliphatic rings. The molecular weight excluding hydrogens is 178 g/mol. The SMILES string of the molecule is CC(N)Cc1cnc(C2CCCN2)o1. The Bertz CT molecular complexity index is 289. The largest absolute Gasteiger partial charge is 0.444 e. The molecule has 0 aliphatic carbocycles. The van der Waals surface area contributed by atoms with Crippen LogP contribution in [0.1, 0.15) is 37.5 Å². The number of nitrogens with one attached hydrogen (secondary N) is 1. The van der Waals surface area contributed by atoms with Crippen LogP contribution in [0.15, 0.2) is 10.6 Å². The summed E-state index contributed by atoms with van der Waals surface area (Å²) in [5, 5.41) is 3.35. The number of nitrogens with zero attached hydrogens (tertiary/aromatic N) is 1. The predicted molar refractivity (Wildman–Crippen MR) is 53.8 cm³/mol. The quantitative estimate of drug-likeness (QED) is 0.755. The second kappa shape index (κ2) is 4.11. The van der Waals surface area contributed by atoms with Crippen molar-refractivity contribution in [3.8, 4) is 0 Å². The molecule has 1 saturated heterocycles. The molecule has 78 valence electrons. The van der Waals surface area contributed by atoms with Gasteiger partial charge in [0, 0.05) is 12.5 Å². The lowest BCUT2D eigenvalue weighted by atomic mass is 10.2. The van der Waals surface area contributed by atoms with Gasteiger partial charge in [0.2, 0.25) is 5.89 Å². The molecular formula is C10H17N3O. The zero-order valence-corrected chi connectivity index (χ0v) is 8.49. The molecule has 0 bridgehead atoms. The van der Waals surface area contributed by atoms with Crippen LogP contribution in [0.25, 0.3) is 0 Å². The first kappa shape index (κ1) is 9.68. The summed E-state index contributed by atoms with van der Waals surface area (Å²) < 4.78 is 5.62. The van der Waals surface area contributed by atoms with Crippen molar-refractivity contribution in [2.45, 2.75) is 38.3 Å². The van der Waals surface area contributed by atoms with E-state index in [0.717, 1.165) is 31.0 Å². The van der Waals surface area contributed by atoms with Gasteiger partial charge in [0.05, 0.1) is 12.2 Å². The molecule has 0 amide bonds. The van der Waals surface area contributed by atoms with E-state index >= 15 is 0 Å². The van der Waals surface area contributed by atoms with E-state index in [1.807, 2.05) is 6.92 Å². The first-order valence-electron chi connectivity index (χ1n) is 5.19. The van der Waals surface area contributed by atoms with Crippen LogP contribution >= 0.6 is 0 Å². The van der Waals surface area contributed by atoms with Crippen molar-refractivity contribution in [2.75, 3.05) is 6.54 Å². The Kier molecular flexibility index (Phi) is 2.84. The zero-order valence-electron chi connectivity index (χ0n) is 8.49. The molecule has 0 aromatic carbocycles. The van der Waals surface area contributed by atoms with Crippen molar-refractivity contribution >= 4 is 0 Å². The fourth-order valence-corrected chi connectivity index (χ4v) is 1.79. The van der Waals surface area contributed by atoms with Gasteiger partial charge >= 0.3 is 0 Å². The second-order valence-electron chi connectivity index (χ2n) is 4.00. The molecule has 0 saturated carbocycles. The van der Waals surface area contributed by atoms with Gasteiger partial charge in [-0.15, -0.1) is 0 Å². The van der Waals surface area contributed by atoms with Gasteiger partial charge in [-0.3, -0.25) is 0 Å². The molecule has 4 nitrogen and oxygen atoms in total. The fraction of sp³-hybridized carbons (Fsp3) is 0.700. The number of rotatable bonds is 3. The van der Waals surface area contributed by atoms with Gasteiger partial charge in [-0.1, -0.05) is 0 Å². The third kappa shape index (κ3) is 2.13. The van der Waals surface area contributed by atoms with Crippen LogP contribution in [0, 0.1) is 0 Å². The molecule has 2 heterocycles. The van der Waals surface area contributed by atoms with Gasteiger partial charge in [0.25, 0.3) is 0 Å². The molecule has 1 aromatic heterocycles. The minimum absolute atomic E-state index is 0.132. The van der Waals surface area contributed by atoms with E-state index in [4.69, 9.17) is 10.2 Å². The van der Waals surface area contributed by atoms with Crippen LogP contribution in [0.3, 0.4) is 0 Å². The van der Waals surface area contributed by atoms with E-state index in [-0.39, 0.29) is 6.04 Å². The lowest BCUT2D eigenvalue weighted by molar-refractivity contribution is 0.398. The van der Waals surface area contributed by atoms with Crippen LogP contribution in [0.2, 0.25) is 0 Å². The molecule has 0 spiro atoms. The van der Waals surface area contributed by atoms with Gasteiger partial charge in [0.1, 0.15) is 5.76 Å².